The van der Waals surface area contributed by atoms with Crippen molar-refractivity contribution in [1.29, 1.82) is 0 Å². The van der Waals surface area contributed by atoms with E-state index < -0.39 is 16.5 Å². The summed E-state index contributed by atoms with van der Waals surface area (Å²) in [4.78, 5) is 0. The van der Waals surface area contributed by atoms with E-state index >= 15 is 0 Å². The van der Waals surface area contributed by atoms with Crippen LogP contribution in [0.1, 0.15) is 44.7 Å². The zero-order chi connectivity index (χ0) is 23.0. The van der Waals surface area contributed by atoms with E-state index in [0.29, 0.717) is 11.3 Å². The summed E-state index contributed by atoms with van der Waals surface area (Å²) in [6.45, 7) is 24.4. The minimum Gasteiger partial charge on any atom is -0.404 e. The van der Waals surface area contributed by atoms with E-state index in [1.165, 1.54) is 17.5 Å². The fourth-order valence-corrected chi connectivity index (χ4v) is 17.8. The third-order valence-electron chi connectivity index (χ3n) is 8.63. The molecule has 1 aromatic carbocycles. The molecule has 1 aromatic rings. The molecule has 0 radical (unpaired) electrons. The summed E-state index contributed by atoms with van der Waals surface area (Å²) in [5.41, 5.74) is 2.96. The molecule has 0 N–H and O–H groups in total. The molecule has 2 bridgehead atoms. The summed E-state index contributed by atoms with van der Waals surface area (Å²) in [7, 11) is -3.32. The van der Waals surface area contributed by atoms with Gasteiger partial charge in [0.05, 0.1) is 11.7 Å². The topological polar surface area (TPSA) is 21.7 Å². The fourth-order valence-electron chi connectivity index (χ4n) is 7.34. The summed E-state index contributed by atoms with van der Waals surface area (Å²) < 4.78 is 16.8. The van der Waals surface area contributed by atoms with Gasteiger partial charge in [0.2, 0.25) is 0 Å². The molecule has 5 atom stereocenters. The van der Waals surface area contributed by atoms with Crippen molar-refractivity contribution in [3.63, 3.8) is 0 Å². The first kappa shape index (κ1) is 23.7. The third kappa shape index (κ3) is 4.05. The number of hydrogen-bond donors (Lipinski definition) is 0. The first-order valence-corrected chi connectivity index (χ1v) is 19.2. The van der Waals surface area contributed by atoms with Gasteiger partial charge in [-0.15, -0.1) is 0 Å². The van der Waals surface area contributed by atoms with Crippen molar-refractivity contribution in [2.45, 2.75) is 104 Å². The van der Waals surface area contributed by atoms with Crippen LogP contribution >= 0.6 is 0 Å². The van der Waals surface area contributed by atoms with Crippen LogP contribution in [0.5, 0.6) is 0 Å². The first-order valence-electron chi connectivity index (χ1n) is 12.3. The number of nitrogens with zero attached hydrogens (tertiary/aromatic N) is 1. The predicted octanol–water partition coefficient (Wildman–Crippen LogP) is 6.15. The zero-order valence-electron chi connectivity index (χ0n) is 21.6. The van der Waals surface area contributed by atoms with Gasteiger partial charge in [0.1, 0.15) is 16.5 Å². The number of hydrogen-bond acceptors (Lipinski definition) is 3. The van der Waals surface area contributed by atoms with Crippen LogP contribution in [-0.4, -0.2) is 45.5 Å². The minimum atomic E-state index is -1.59. The average Bonchev–Trinajstić information content (AvgIpc) is 2.97. The van der Waals surface area contributed by atoms with Crippen LogP contribution < -0.4 is 0 Å². The fraction of sp³-hybridized carbons (Fsp3) is 0.760. The second kappa shape index (κ2) is 7.56. The van der Waals surface area contributed by atoms with Crippen molar-refractivity contribution >= 4 is 23.6 Å². The van der Waals surface area contributed by atoms with Gasteiger partial charge in [-0.2, -0.15) is 0 Å². The van der Waals surface area contributed by atoms with Gasteiger partial charge in [-0.1, -0.05) is 83.0 Å². The Labute approximate surface area is 193 Å². The van der Waals surface area contributed by atoms with E-state index in [4.69, 9.17) is 9.31 Å². The van der Waals surface area contributed by atoms with E-state index in [1.807, 2.05) is 0 Å². The molecule has 5 rings (SSSR count). The molecule has 0 spiro atoms. The predicted molar refractivity (Wildman–Crippen MR) is 137 cm³/mol. The highest BCUT2D eigenvalue weighted by atomic mass is 28.4. The molecule has 1 aliphatic heterocycles. The van der Waals surface area contributed by atoms with Crippen LogP contribution in [-0.2, 0) is 15.7 Å². The standard InChI is InChI=1S/C25H44BNO2Si2/c1-18-11-13-19(14-12-18)15-23(27(30(5,6)7)31(8,9)10)26-28-22-17-20-16-21(24(20,2)3)25(22,4)29-26/h11-14,20-23H,15-17H2,1-10H3/t20?,21?,22-,23+,25+/m1/s1. The Morgan fingerprint density at radius 2 is 1.58 bits per heavy atom. The molecule has 0 aromatic heterocycles. The Bertz CT molecular complexity index is 802. The Morgan fingerprint density at radius 3 is 2.10 bits per heavy atom. The SMILES string of the molecule is Cc1ccc(C[C@@H](B2O[C@@H]3CC4CC(C4(C)C)[C@]3(C)O2)N([Si](C)(C)C)[Si](C)(C)C)cc1. The molecule has 3 nitrogen and oxygen atoms in total. The van der Waals surface area contributed by atoms with Crippen molar-refractivity contribution in [2.24, 2.45) is 17.3 Å². The van der Waals surface area contributed by atoms with E-state index in [-0.39, 0.29) is 24.8 Å². The molecule has 3 aliphatic carbocycles. The van der Waals surface area contributed by atoms with Crippen LogP contribution in [0.4, 0.5) is 0 Å². The van der Waals surface area contributed by atoms with Gasteiger partial charge < -0.3 is 13.5 Å². The highest BCUT2D eigenvalue weighted by molar-refractivity contribution is 6.90. The van der Waals surface area contributed by atoms with E-state index in [9.17, 15) is 0 Å². The monoisotopic (exact) mass is 457 g/mol. The summed E-state index contributed by atoms with van der Waals surface area (Å²) in [5, 5.41) is 0. The van der Waals surface area contributed by atoms with E-state index in [0.717, 1.165) is 18.8 Å². The van der Waals surface area contributed by atoms with Crippen LogP contribution in [0.25, 0.3) is 0 Å². The van der Waals surface area contributed by atoms with Crippen LogP contribution in [0.15, 0.2) is 24.3 Å². The van der Waals surface area contributed by atoms with Gasteiger partial charge in [-0.05, 0) is 55.9 Å². The summed E-state index contributed by atoms with van der Waals surface area (Å²) >= 11 is 0. The Hall–Kier alpha value is -0.401. The highest BCUT2D eigenvalue weighted by Gasteiger charge is 2.69. The molecule has 172 valence electrons. The van der Waals surface area contributed by atoms with Gasteiger partial charge in [-0.3, -0.25) is 0 Å². The molecular weight excluding hydrogens is 413 g/mol. The number of benzene rings is 1. The quantitative estimate of drug-likeness (QED) is 0.479. The molecule has 4 fully saturated rings. The van der Waals surface area contributed by atoms with Gasteiger partial charge >= 0.3 is 7.12 Å². The Balaban J connectivity index is 1.68. The van der Waals surface area contributed by atoms with E-state index in [2.05, 4.69) is 95.5 Å². The Kier molecular flexibility index (Phi) is 5.79. The smallest absolute Gasteiger partial charge is 0.404 e. The lowest BCUT2D eigenvalue weighted by atomic mass is 9.43. The van der Waals surface area contributed by atoms with Gasteiger partial charge in [0.25, 0.3) is 0 Å². The molecule has 1 heterocycles. The third-order valence-corrected chi connectivity index (χ3v) is 16.2. The number of aryl methyl sites for hydroxylation is 1. The Morgan fingerprint density at radius 1 is 1.00 bits per heavy atom. The summed E-state index contributed by atoms with van der Waals surface area (Å²) in [6, 6.07) is 9.10. The highest BCUT2D eigenvalue weighted by Crippen LogP contribution is 2.65. The van der Waals surface area contributed by atoms with Crippen molar-refractivity contribution in [3.05, 3.63) is 35.4 Å². The molecule has 6 heteroatoms. The summed E-state index contributed by atoms with van der Waals surface area (Å²) in [6.07, 6.45) is 3.72. The lowest BCUT2D eigenvalue weighted by Gasteiger charge is -2.64. The largest absolute Gasteiger partial charge is 0.475 e. The van der Waals surface area contributed by atoms with Gasteiger partial charge in [0.15, 0.2) is 0 Å². The lowest BCUT2D eigenvalue weighted by molar-refractivity contribution is -0.199. The molecule has 1 saturated heterocycles. The molecule has 0 amide bonds. The van der Waals surface area contributed by atoms with Crippen LogP contribution in [0.3, 0.4) is 0 Å². The van der Waals surface area contributed by atoms with Gasteiger partial charge in [0, 0.05) is 5.94 Å². The molecule has 2 unspecified atom stereocenters. The second-order valence-electron chi connectivity index (χ2n) is 13.3. The van der Waals surface area contributed by atoms with Crippen LogP contribution in [0, 0.1) is 24.2 Å². The van der Waals surface area contributed by atoms with Crippen molar-refractivity contribution in [1.82, 2.24) is 4.23 Å². The molecule has 31 heavy (non-hydrogen) atoms. The zero-order valence-corrected chi connectivity index (χ0v) is 23.6. The summed E-state index contributed by atoms with van der Waals surface area (Å²) in [5.74, 6) is 1.68. The normalized spacial score (nSPS) is 33.3. The lowest BCUT2D eigenvalue weighted by Crippen LogP contribution is -2.68. The second-order valence-corrected chi connectivity index (χ2v) is 23.4. The molecule has 3 saturated carbocycles. The number of rotatable bonds is 6. The van der Waals surface area contributed by atoms with Crippen LogP contribution in [0.2, 0.25) is 39.3 Å². The minimum absolute atomic E-state index is 0.134. The average molecular weight is 458 g/mol. The maximum Gasteiger partial charge on any atom is 0.475 e. The molecule has 4 aliphatic rings. The first-order chi connectivity index (χ1) is 14.1. The maximum absolute atomic E-state index is 7.05. The molecular formula is C25H44BNO2Si2. The van der Waals surface area contributed by atoms with Crippen molar-refractivity contribution in [3.8, 4) is 0 Å². The van der Waals surface area contributed by atoms with Crippen molar-refractivity contribution in [2.75, 3.05) is 0 Å². The maximum atomic E-state index is 7.05. The van der Waals surface area contributed by atoms with E-state index in [1.54, 1.807) is 0 Å². The van der Waals surface area contributed by atoms with Gasteiger partial charge in [-0.25, -0.2) is 0 Å². The van der Waals surface area contributed by atoms with Crippen molar-refractivity contribution < 1.29 is 9.31 Å².